The Balaban J connectivity index is 1.36. The highest BCUT2D eigenvalue weighted by molar-refractivity contribution is 6.04. The van der Waals surface area contributed by atoms with Crippen molar-refractivity contribution in [2.75, 3.05) is 5.32 Å². The van der Waals surface area contributed by atoms with Crippen LogP contribution in [0.15, 0.2) is 110 Å². The SMILES string of the molecule is C=C(c1cccc(NC(=O)c2ccccc2)c1)c1ccc2c(C=Cc3ccccc3)n[nH]c2c1. The summed E-state index contributed by atoms with van der Waals surface area (Å²) in [6, 6.07) is 33.2. The van der Waals surface area contributed by atoms with Crippen LogP contribution in [0.2, 0.25) is 0 Å². The van der Waals surface area contributed by atoms with Gasteiger partial charge in [0, 0.05) is 16.6 Å². The molecule has 1 aromatic heterocycles. The van der Waals surface area contributed by atoms with E-state index in [-0.39, 0.29) is 5.91 Å². The summed E-state index contributed by atoms with van der Waals surface area (Å²) in [7, 11) is 0. The van der Waals surface area contributed by atoms with Gasteiger partial charge in [0.05, 0.1) is 11.2 Å². The van der Waals surface area contributed by atoms with Crippen LogP contribution >= 0.6 is 0 Å². The number of H-pyrrole nitrogens is 1. The molecule has 1 amide bonds. The predicted molar refractivity (Wildman–Crippen MR) is 140 cm³/mol. The van der Waals surface area contributed by atoms with E-state index < -0.39 is 0 Å². The van der Waals surface area contributed by atoms with Gasteiger partial charge < -0.3 is 5.32 Å². The van der Waals surface area contributed by atoms with Crippen molar-refractivity contribution in [2.24, 2.45) is 0 Å². The lowest BCUT2D eigenvalue weighted by molar-refractivity contribution is 0.102. The average Bonchev–Trinajstić information content (AvgIpc) is 3.30. The molecular formula is C30H23N3O. The Labute approximate surface area is 198 Å². The number of nitrogens with zero attached hydrogens (tertiary/aromatic N) is 1. The van der Waals surface area contributed by atoms with Crippen molar-refractivity contribution >= 4 is 40.2 Å². The lowest BCUT2D eigenvalue weighted by Gasteiger charge is -2.10. The van der Waals surface area contributed by atoms with E-state index in [0.717, 1.165) is 44.5 Å². The number of hydrogen-bond donors (Lipinski definition) is 2. The third-order valence-corrected chi connectivity index (χ3v) is 5.68. The van der Waals surface area contributed by atoms with E-state index in [0.29, 0.717) is 5.56 Å². The number of aromatic amines is 1. The molecule has 0 unspecified atom stereocenters. The van der Waals surface area contributed by atoms with Crippen LogP contribution in [0.4, 0.5) is 5.69 Å². The van der Waals surface area contributed by atoms with Crippen LogP contribution in [0.5, 0.6) is 0 Å². The van der Waals surface area contributed by atoms with E-state index >= 15 is 0 Å². The third-order valence-electron chi connectivity index (χ3n) is 5.68. The lowest BCUT2D eigenvalue weighted by Crippen LogP contribution is -2.11. The highest BCUT2D eigenvalue weighted by Gasteiger charge is 2.10. The molecule has 0 saturated heterocycles. The number of benzene rings is 4. The molecule has 0 atom stereocenters. The van der Waals surface area contributed by atoms with Crippen LogP contribution in [0.25, 0.3) is 28.6 Å². The highest BCUT2D eigenvalue weighted by atomic mass is 16.1. The first-order valence-electron chi connectivity index (χ1n) is 11.0. The second-order valence-corrected chi connectivity index (χ2v) is 7.99. The van der Waals surface area contributed by atoms with Crippen LogP contribution in [0.1, 0.15) is 32.7 Å². The van der Waals surface area contributed by atoms with Crippen molar-refractivity contribution in [3.63, 3.8) is 0 Å². The Hall–Kier alpha value is -4.70. The number of hydrogen-bond acceptors (Lipinski definition) is 2. The monoisotopic (exact) mass is 441 g/mol. The molecule has 0 aliphatic carbocycles. The van der Waals surface area contributed by atoms with Crippen molar-refractivity contribution in [3.05, 3.63) is 138 Å². The van der Waals surface area contributed by atoms with Crippen LogP contribution in [-0.2, 0) is 0 Å². The number of amides is 1. The minimum atomic E-state index is -0.140. The molecule has 0 radical (unpaired) electrons. The number of carbonyl (C=O) groups is 1. The normalized spacial score (nSPS) is 11.1. The number of carbonyl (C=O) groups excluding carboxylic acids is 1. The second kappa shape index (κ2) is 9.43. The minimum Gasteiger partial charge on any atom is -0.322 e. The lowest BCUT2D eigenvalue weighted by atomic mass is 9.98. The van der Waals surface area contributed by atoms with Gasteiger partial charge in [-0.1, -0.05) is 79.4 Å². The Kier molecular flexibility index (Phi) is 5.87. The van der Waals surface area contributed by atoms with E-state index in [2.05, 4.69) is 58.5 Å². The quantitative estimate of drug-likeness (QED) is 0.297. The molecule has 0 spiro atoms. The Morgan fingerprint density at radius 3 is 2.26 bits per heavy atom. The van der Waals surface area contributed by atoms with E-state index in [1.54, 1.807) is 12.1 Å². The molecule has 0 aliphatic heterocycles. The van der Waals surface area contributed by atoms with Crippen molar-refractivity contribution in [3.8, 4) is 0 Å². The van der Waals surface area contributed by atoms with Gasteiger partial charge in [-0.3, -0.25) is 9.89 Å². The zero-order chi connectivity index (χ0) is 23.3. The number of rotatable bonds is 6. The van der Waals surface area contributed by atoms with E-state index in [1.807, 2.05) is 66.7 Å². The number of anilines is 1. The summed E-state index contributed by atoms with van der Waals surface area (Å²) in [6.07, 6.45) is 4.07. The molecule has 164 valence electrons. The molecule has 1 heterocycles. The van der Waals surface area contributed by atoms with Gasteiger partial charge in [0.2, 0.25) is 0 Å². The Morgan fingerprint density at radius 2 is 1.47 bits per heavy atom. The first-order valence-corrected chi connectivity index (χ1v) is 11.0. The minimum absolute atomic E-state index is 0.140. The van der Waals surface area contributed by atoms with Gasteiger partial charge in [0.25, 0.3) is 5.91 Å². The maximum absolute atomic E-state index is 12.5. The molecule has 0 aliphatic rings. The molecule has 5 rings (SSSR count). The first kappa shape index (κ1) is 21.2. The molecule has 0 bridgehead atoms. The molecule has 2 N–H and O–H groups in total. The topological polar surface area (TPSA) is 57.8 Å². The summed E-state index contributed by atoms with van der Waals surface area (Å²) in [6.45, 7) is 4.30. The van der Waals surface area contributed by atoms with Crippen molar-refractivity contribution in [1.29, 1.82) is 0 Å². The van der Waals surface area contributed by atoms with Gasteiger partial charge in [0.15, 0.2) is 0 Å². The number of nitrogens with one attached hydrogen (secondary N) is 2. The Bertz CT molecular complexity index is 1500. The van der Waals surface area contributed by atoms with Crippen molar-refractivity contribution in [2.45, 2.75) is 0 Å². The van der Waals surface area contributed by atoms with E-state index in [4.69, 9.17) is 0 Å². The molecule has 0 fully saturated rings. The third kappa shape index (κ3) is 4.57. The maximum Gasteiger partial charge on any atom is 0.255 e. The second-order valence-electron chi connectivity index (χ2n) is 7.99. The smallest absolute Gasteiger partial charge is 0.255 e. The summed E-state index contributed by atoms with van der Waals surface area (Å²) in [5.41, 5.74) is 7.10. The van der Waals surface area contributed by atoms with Gasteiger partial charge >= 0.3 is 0 Å². The maximum atomic E-state index is 12.5. The highest BCUT2D eigenvalue weighted by Crippen LogP contribution is 2.28. The summed E-state index contributed by atoms with van der Waals surface area (Å²) in [5, 5.41) is 11.6. The summed E-state index contributed by atoms with van der Waals surface area (Å²) < 4.78 is 0. The van der Waals surface area contributed by atoms with Crippen LogP contribution in [0, 0.1) is 0 Å². The molecule has 5 aromatic rings. The molecule has 0 saturated carbocycles. The first-order chi connectivity index (χ1) is 16.7. The van der Waals surface area contributed by atoms with Gasteiger partial charge in [-0.25, -0.2) is 0 Å². The van der Waals surface area contributed by atoms with Gasteiger partial charge in [0.1, 0.15) is 0 Å². The molecule has 34 heavy (non-hydrogen) atoms. The fraction of sp³-hybridized carbons (Fsp3) is 0. The standard InChI is InChI=1S/C30H23N3O/c1-21(24-13-8-14-26(19-24)31-30(34)23-11-6-3-7-12-23)25-16-17-27-28(32-33-29(27)20-25)18-15-22-9-4-2-5-10-22/h2-20H,1H2,(H,31,34)(H,32,33). The average molecular weight is 442 g/mol. The molecule has 4 nitrogen and oxygen atoms in total. The van der Waals surface area contributed by atoms with E-state index in [9.17, 15) is 4.79 Å². The fourth-order valence-corrected chi connectivity index (χ4v) is 3.84. The zero-order valence-electron chi connectivity index (χ0n) is 18.5. The van der Waals surface area contributed by atoms with Crippen molar-refractivity contribution < 1.29 is 4.79 Å². The summed E-state index contributed by atoms with van der Waals surface area (Å²) in [4.78, 5) is 12.5. The summed E-state index contributed by atoms with van der Waals surface area (Å²) >= 11 is 0. The number of fused-ring (bicyclic) bond motifs is 1. The molecule has 4 heteroatoms. The summed E-state index contributed by atoms with van der Waals surface area (Å²) in [5.74, 6) is -0.140. The van der Waals surface area contributed by atoms with Crippen LogP contribution in [0.3, 0.4) is 0 Å². The van der Waals surface area contributed by atoms with Crippen molar-refractivity contribution in [1.82, 2.24) is 10.2 Å². The Morgan fingerprint density at radius 1 is 0.765 bits per heavy atom. The van der Waals surface area contributed by atoms with Gasteiger partial charge in [-0.15, -0.1) is 0 Å². The van der Waals surface area contributed by atoms with E-state index in [1.165, 1.54) is 0 Å². The predicted octanol–water partition coefficient (Wildman–Crippen LogP) is 7.05. The largest absolute Gasteiger partial charge is 0.322 e. The zero-order valence-corrected chi connectivity index (χ0v) is 18.5. The van der Waals surface area contributed by atoms with Crippen LogP contribution < -0.4 is 5.32 Å². The molecule has 4 aromatic carbocycles. The molecular weight excluding hydrogens is 418 g/mol. The van der Waals surface area contributed by atoms with Gasteiger partial charge in [-0.05, 0) is 64.7 Å². The fourth-order valence-electron chi connectivity index (χ4n) is 3.84. The van der Waals surface area contributed by atoms with Crippen LogP contribution in [-0.4, -0.2) is 16.1 Å². The van der Waals surface area contributed by atoms with Gasteiger partial charge in [-0.2, -0.15) is 5.10 Å². The number of aromatic nitrogens is 2.